The first kappa shape index (κ1) is 11.6. The quantitative estimate of drug-likeness (QED) is 0.801. The summed E-state index contributed by atoms with van der Waals surface area (Å²) in [5.41, 5.74) is 0.664. The van der Waals surface area contributed by atoms with Gasteiger partial charge in [0.25, 0.3) is 0 Å². The summed E-state index contributed by atoms with van der Waals surface area (Å²) in [6, 6.07) is 5.39. The number of benzene rings is 1. The van der Waals surface area contributed by atoms with Gasteiger partial charge in [0, 0.05) is 12.0 Å². The molecule has 0 amide bonds. The molecule has 86 valence electrons. The van der Waals surface area contributed by atoms with Crippen molar-refractivity contribution in [1.29, 1.82) is 0 Å². The van der Waals surface area contributed by atoms with Crippen molar-refractivity contribution in [1.82, 2.24) is 0 Å². The summed E-state index contributed by atoms with van der Waals surface area (Å²) in [4.78, 5) is 11.3. The molecule has 0 N–H and O–H groups in total. The number of ether oxygens (including phenoxy) is 2. The Balaban J connectivity index is 2.17. The van der Waals surface area contributed by atoms with Crippen molar-refractivity contribution in [2.75, 3.05) is 13.2 Å². The minimum Gasteiger partial charge on any atom is -0.487 e. The Labute approximate surface area is 103 Å². The highest BCUT2D eigenvalue weighted by atomic mass is 79.9. The summed E-state index contributed by atoms with van der Waals surface area (Å²) in [5.74, 6) is 0.753. The zero-order chi connectivity index (χ0) is 11.5. The number of hydrogen-bond acceptors (Lipinski definition) is 3. The Hall–Kier alpha value is -0.870. The summed E-state index contributed by atoms with van der Waals surface area (Å²) in [7, 11) is 0. The standard InChI is InChI=1S/C12H13BrO3/c1-8(14)9-2-3-11(13)12(6-9)16-10-4-5-15-7-10/h2-3,6,10H,4-5,7H2,1H3. The van der Waals surface area contributed by atoms with Crippen LogP contribution in [0.3, 0.4) is 0 Å². The molecule has 0 aromatic heterocycles. The van der Waals surface area contributed by atoms with Crippen LogP contribution in [0.2, 0.25) is 0 Å². The minimum absolute atomic E-state index is 0.0417. The van der Waals surface area contributed by atoms with Gasteiger partial charge in [-0.2, -0.15) is 0 Å². The molecule has 2 rings (SSSR count). The van der Waals surface area contributed by atoms with Gasteiger partial charge in [0.1, 0.15) is 11.9 Å². The number of halogens is 1. The van der Waals surface area contributed by atoms with Gasteiger partial charge >= 0.3 is 0 Å². The summed E-state index contributed by atoms with van der Waals surface area (Å²) in [5, 5.41) is 0. The minimum atomic E-state index is 0.0417. The van der Waals surface area contributed by atoms with Crippen LogP contribution in [-0.4, -0.2) is 25.1 Å². The third-order valence-corrected chi connectivity index (χ3v) is 3.17. The van der Waals surface area contributed by atoms with Crippen LogP contribution in [0.15, 0.2) is 22.7 Å². The van der Waals surface area contributed by atoms with Crippen LogP contribution in [0.25, 0.3) is 0 Å². The number of Topliss-reactive ketones (excluding diaryl/α,β-unsaturated/α-hetero) is 1. The van der Waals surface area contributed by atoms with E-state index in [1.807, 2.05) is 6.07 Å². The molecule has 1 aliphatic heterocycles. The van der Waals surface area contributed by atoms with Gasteiger partial charge in [0.05, 0.1) is 17.7 Å². The van der Waals surface area contributed by atoms with Crippen molar-refractivity contribution in [3.63, 3.8) is 0 Å². The predicted octanol–water partition coefficient (Wildman–Crippen LogP) is 2.82. The second-order valence-electron chi connectivity index (χ2n) is 3.80. The second kappa shape index (κ2) is 4.97. The van der Waals surface area contributed by atoms with E-state index in [-0.39, 0.29) is 11.9 Å². The van der Waals surface area contributed by atoms with Crippen molar-refractivity contribution < 1.29 is 14.3 Å². The van der Waals surface area contributed by atoms with Crippen LogP contribution in [0, 0.1) is 0 Å². The molecule has 16 heavy (non-hydrogen) atoms. The van der Waals surface area contributed by atoms with Crippen LogP contribution in [0.1, 0.15) is 23.7 Å². The zero-order valence-corrected chi connectivity index (χ0v) is 10.6. The van der Waals surface area contributed by atoms with Crippen molar-refractivity contribution in [2.45, 2.75) is 19.4 Å². The fourth-order valence-electron chi connectivity index (χ4n) is 1.60. The van der Waals surface area contributed by atoms with E-state index in [9.17, 15) is 4.79 Å². The van der Waals surface area contributed by atoms with E-state index in [1.54, 1.807) is 19.1 Å². The summed E-state index contributed by atoms with van der Waals surface area (Å²) in [6.45, 7) is 2.91. The Bertz CT molecular complexity index is 397. The lowest BCUT2D eigenvalue weighted by Gasteiger charge is -2.13. The molecule has 0 spiro atoms. The van der Waals surface area contributed by atoms with Crippen LogP contribution in [-0.2, 0) is 4.74 Å². The lowest BCUT2D eigenvalue weighted by atomic mass is 10.1. The van der Waals surface area contributed by atoms with E-state index >= 15 is 0 Å². The Morgan fingerprint density at radius 1 is 1.56 bits per heavy atom. The van der Waals surface area contributed by atoms with E-state index in [4.69, 9.17) is 9.47 Å². The number of carbonyl (C=O) groups is 1. The van der Waals surface area contributed by atoms with E-state index in [1.165, 1.54) is 0 Å². The first-order valence-corrected chi connectivity index (χ1v) is 6.01. The van der Waals surface area contributed by atoms with Crippen LogP contribution < -0.4 is 4.74 Å². The highest BCUT2D eigenvalue weighted by Gasteiger charge is 2.18. The average Bonchev–Trinajstić information content (AvgIpc) is 2.73. The molecule has 0 bridgehead atoms. The molecule has 3 nitrogen and oxygen atoms in total. The van der Waals surface area contributed by atoms with Crippen molar-refractivity contribution >= 4 is 21.7 Å². The molecule has 1 saturated heterocycles. The topological polar surface area (TPSA) is 35.5 Å². The van der Waals surface area contributed by atoms with Crippen molar-refractivity contribution in [2.24, 2.45) is 0 Å². The highest BCUT2D eigenvalue weighted by molar-refractivity contribution is 9.10. The molecule has 0 radical (unpaired) electrons. The van der Waals surface area contributed by atoms with Crippen LogP contribution >= 0.6 is 15.9 Å². The van der Waals surface area contributed by atoms with Gasteiger partial charge in [-0.15, -0.1) is 0 Å². The van der Waals surface area contributed by atoms with Crippen LogP contribution in [0.5, 0.6) is 5.75 Å². The highest BCUT2D eigenvalue weighted by Crippen LogP contribution is 2.28. The predicted molar refractivity (Wildman–Crippen MR) is 64.0 cm³/mol. The van der Waals surface area contributed by atoms with Gasteiger partial charge < -0.3 is 9.47 Å². The molecule has 1 aliphatic rings. The molecule has 1 unspecified atom stereocenters. The molecule has 1 atom stereocenters. The SMILES string of the molecule is CC(=O)c1ccc(Br)c(OC2CCOC2)c1. The lowest BCUT2D eigenvalue weighted by molar-refractivity contribution is 0.101. The first-order valence-electron chi connectivity index (χ1n) is 5.21. The lowest BCUT2D eigenvalue weighted by Crippen LogP contribution is -2.16. The molecular formula is C12H13BrO3. The smallest absolute Gasteiger partial charge is 0.159 e. The molecule has 4 heteroatoms. The number of hydrogen-bond donors (Lipinski definition) is 0. The first-order chi connectivity index (χ1) is 7.66. The van der Waals surface area contributed by atoms with Crippen molar-refractivity contribution in [3.8, 4) is 5.75 Å². The largest absolute Gasteiger partial charge is 0.487 e. The van der Waals surface area contributed by atoms with Gasteiger partial charge in [-0.3, -0.25) is 4.79 Å². The molecule has 0 saturated carbocycles. The Morgan fingerprint density at radius 3 is 3.00 bits per heavy atom. The molecule has 1 aromatic carbocycles. The molecule has 1 fully saturated rings. The number of rotatable bonds is 3. The third-order valence-electron chi connectivity index (χ3n) is 2.52. The maximum atomic E-state index is 11.3. The van der Waals surface area contributed by atoms with E-state index in [0.717, 1.165) is 17.5 Å². The summed E-state index contributed by atoms with van der Waals surface area (Å²) in [6.07, 6.45) is 0.995. The molecule has 0 aliphatic carbocycles. The number of carbonyl (C=O) groups excluding carboxylic acids is 1. The van der Waals surface area contributed by atoms with Crippen LogP contribution in [0.4, 0.5) is 0 Å². The molecular weight excluding hydrogens is 272 g/mol. The monoisotopic (exact) mass is 284 g/mol. The fraction of sp³-hybridized carbons (Fsp3) is 0.417. The Morgan fingerprint density at radius 2 is 2.38 bits per heavy atom. The van der Waals surface area contributed by atoms with Gasteiger partial charge in [0.2, 0.25) is 0 Å². The summed E-state index contributed by atoms with van der Waals surface area (Å²) < 4.78 is 11.9. The zero-order valence-electron chi connectivity index (χ0n) is 9.03. The normalized spacial score (nSPS) is 19.8. The average molecular weight is 285 g/mol. The Kier molecular flexibility index (Phi) is 3.61. The second-order valence-corrected chi connectivity index (χ2v) is 4.66. The van der Waals surface area contributed by atoms with Crippen molar-refractivity contribution in [3.05, 3.63) is 28.2 Å². The third kappa shape index (κ3) is 2.62. The van der Waals surface area contributed by atoms with E-state index in [0.29, 0.717) is 17.9 Å². The molecule has 1 aromatic rings. The summed E-state index contributed by atoms with van der Waals surface area (Å²) >= 11 is 3.41. The molecule has 1 heterocycles. The van der Waals surface area contributed by atoms with Gasteiger partial charge in [0.15, 0.2) is 5.78 Å². The maximum Gasteiger partial charge on any atom is 0.159 e. The van der Waals surface area contributed by atoms with Gasteiger partial charge in [-0.1, -0.05) is 6.07 Å². The maximum absolute atomic E-state index is 11.3. The van der Waals surface area contributed by atoms with Gasteiger partial charge in [-0.05, 0) is 35.0 Å². The number of ketones is 1. The van der Waals surface area contributed by atoms with E-state index in [2.05, 4.69) is 15.9 Å². The van der Waals surface area contributed by atoms with Gasteiger partial charge in [-0.25, -0.2) is 0 Å². The fourth-order valence-corrected chi connectivity index (χ4v) is 1.94. The van der Waals surface area contributed by atoms with E-state index < -0.39 is 0 Å².